The summed E-state index contributed by atoms with van der Waals surface area (Å²) in [6, 6.07) is 0. The van der Waals surface area contributed by atoms with Crippen molar-refractivity contribution in [1.82, 2.24) is 4.90 Å². The van der Waals surface area contributed by atoms with Crippen LogP contribution in [0.5, 0.6) is 0 Å². The highest BCUT2D eigenvalue weighted by Crippen LogP contribution is 2.06. The van der Waals surface area contributed by atoms with E-state index in [9.17, 15) is 4.79 Å². The first kappa shape index (κ1) is 9.26. The molecule has 1 unspecified atom stereocenters. The van der Waals surface area contributed by atoms with E-state index in [4.69, 9.17) is 4.74 Å². The molecule has 0 saturated carbocycles. The van der Waals surface area contributed by atoms with Crippen molar-refractivity contribution in [3.63, 3.8) is 0 Å². The highest BCUT2D eigenvalue weighted by atomic mass is 16.5. The van der Waals surface area contributed by atoms with Crippen molar-refractivity contribution in [2.75, 3.05) is 19.7 Å². The highest BCUT2D eigenvalue weighted by Gasteiger charge is 2.15. The maximum atomic E-state index is 11.2. The van der Waals surface area contributed by atoms with Gasteiger partial charge in [0, 0.05) is 13.1 Å². The highest BCUT2D eigenvalue weighted by molar-refractivity contribution is 5.86. The Morgan fingerprint density at radius 3 is 3.08 bits per heavy atom. The van der Waals surface area contributed by atoms with E-state index in [2.05, 4.69) is 6.58 Å². The summed E-state index contributed by atoms with van der Waals surface area (Å²) in [6.07, 6.45) is 2.54. The van der Waals surface area contributed by atoms with Crippen molar-refractivity contribution in [2.45, 2.75) is 19.4 Å². The molecule has 0 radical (unpaired) electrons. The summed E-state index contributed by atoms with van der Waals surface area (Å²) in [5, 5.41) is 0. The van der Waals surface area contributed by atoms with E-state index < -0.39 is 0 Å². The third-order valence-electron chi connectivity index (χ3n) is 2.06. The standard InChI is InChI=1S/C9H15NO2/c1-3-9(11)10-5-4-8(2)12-7-6-10/h3,8H,1,4-7H2,2H3. The molecule has 0 aliphatic carbocycles. The fourth-order valence-corrected chi connectivity index (χ4v) is 1.25. The van der Waals surface area contributed by atoms with E-state index in [1.54, 1.807) is 4.90 Å². The molecule has 3 nitrogen and oxygen atoms in total. The second-order valence-electron chi connectivity index (χ2n) is 3.00. The first-order chi connectivity index (χ1) is 5.74. The van der Waals surface area contributed by atoms with Crippen LogP contribution in [0, 0.1) is 0 Å². The molecule has 1 amide bonds. The third-order valence-corrected chi connectivity index (χ3v) is 2.06. The fourth-order valence-electron chi connectivity index (χ4n) is 1.25. The van der Waals surface area contributed by atoms with Gasteiger partial charge in [0.25, 0.3) is 0 Å². The van der Waals surface area contributed by atoms with Crippen LogP contribution in [0.1, 0.15) is 13.3 Å². The summed E-state index contributed by atoms with van der Waals surface area (Å²) in [6.45, 7) is 7.60. The van der Waals surface area contributed by atoms with Crippen LogP contribution in [0.15, 0.2) is 12.7 Å². The molecule has 3 heteroatoms. The van der Waals surface area contributed by atoms with Crippen molar-refractivity contribution in [3.05, 3.63) is 12.7 Å². The number of carbonyl (C=O) groups excluding carboxylic acids is 1. The number of hydrogen-bond acceptors (Lipinski definition) is 2. The van der Waals surface area contributed by atoms with Crippen molar-refractivity contribution in [1.29, 1.82) is 0 Å². The lowest BCUT2D eigenvalue weighted by Crippen LogP contribution is -2.31. The summed E-state index contributed by atoms with van der Waals surface area (Å²) >= 11 is 0. The maximum Gasteiger partial charge on any atom is 0.246 e. The molecular weight excluding hydrogens is 154 g/mol. The number of ether oxygens (including phenoxy) is 1. The molecule has 1 atom stereocenters. The lowest BCUT2D eigenvalue weighted by Gasteiger charge is -2.16. The Bertz CT molecular complexity index is 179. The normalized spacial score (nSPS) is 24.8. The second kappa shape index (κ2) is 4.26. The van der Waals surface area contributed by atoms with Gasteiger partial charge in [-0.3, -0.25) is 4.79 Å². The number of carbonyl (C=O) groups is 1. The Morgan fingerprint density at radius 1 is 1.67 bits per heavy atom. The SMILES string of the molecule is C=CC(=O)N1CCOC(C)CC1. The molecule has 0 spiro atoms. The van der Waals surface area contributed by atoms with Crippen molar-refractivity contribution < 1.29 is 9.53 Å². The summed E-state index contributed by atoms with van der Waals surface area (Å²) in [5.41, 5.74) is 0. The molecule has 1 rings (SSSR count). The van der Waals surface area contributed by atoms with Crippen LogP contribution in [0.2, 0.25) is 0 Å². The minimum atomic E-state index is 0.00713. The lowest BCUT2D eigenvalue weighted by atomic mass is 10.3. The molecule has 1 saturated heterocycles. The molecule has 68 valence electrons. The Balaban J connectivity index is 2.45. The van der Waals surface area contributed by atoms with Gasteiger partial charge in [-0.2, -0.15) is 0 Å². The Hall–Kier alpha value is -0.830. The summed E-state index contributed by atoms with van der Waals surface area (Å²) in [5.74, 6) is 0.00713. The first-order valence-corrected chi connectivity index (χ1v) is 4.27. The smallest absolute Gasteiger partial charge is 0.246 e. The zero-order chi connectivity index (χ0) is 8.97. The van der Waals surface area contributed by atoms with E-state index in [0.29, 0.717) is 13.2 Å². The van der Waals surface area contributed by atoms with Crippen LogP contribution in [-0.2, 0) is 9.53 Å². The van der Waals surface area contributed by atoms with Crippen LogP contribution in [0.4, 0.5) is 0 Å². The zero-order valence-electron chi connectivity index (χ0n) is 7.45. The molecule has 1 aliphatic heterocycles. The van der Waals surface area contributed by atoms with E-state index >= 15 is 0 Å². The Labute approximate surface area is 73.0 Å². The molecule has 0 aromatic rings. The van der Waals surface area contributed by atoms with Gasteiger partial charge < -0.3 is 9.64 Å². The molecule has 0 aromatic carbocycles. The van der Waals surface area contributed by atoms with Gasteiger partial charge in [-0.15, -0.1) is 0 Å². The minimum Gasteiger partial charge on any atom is -0.377 e. The van der Waals surface area contributed by atoms with Gasteiger partial charge in [0.2, 0.25) is 5.91 Å². The Kier molecular flexibility index (Phi) is 3.29. The molecular formula is C9H15NO2. The predicted octanol–water partition coefficient (Wildman–Crippen LogP) is 0.810. The third kappa shape index (κ3) is 2.34. The van der Waals surface area contributed by atoms with Gasteiger partial charge in [-0.25, -0.2) is 0 Å². The van der Waals surface area contributed by atoms with Crippen LogP contribution < -0.4 is 0 Å². The van der Waals surface area contributed by atoms with Crippen molar-refractivity contribution in [2.24, 2.45) is 0 Å². The average molecular weight is 169 g/mol. The predicted molar refractivity (Wildman–Crippen MR) is 46.8 cm³/mol. The van der Waals surface area contributed by atoms with Crippen LogP contribution in [0.25, 0.3) is 0 Å². The topological polar surface area (TPSA) is 29.5 Å². The van der Waals surface area contributed by atoms with E-state index in [1.165, 1.54) is 6.08 Å². The van der Waals surface area contributed by atoms with Gasteiger partial charge in [-0.1, -0.05) is 6.58 Å². The maximum absolute atomic E-state index is 11.2. The number of nitrogens with zero attached hydrogens (tertiary/aromatic N) is 1. The van der Waals surface area contributed by atoms with Gasteiger partial charge >= 0.3 is 0 Å². The van der Waals surface area contributed by atoms with Crippen LogP contribution in [0.3, 0.4) is 0 Å². The largest absolute Gasteiger partial charge is 0.377 e. The quantitative estimate of drug-likeness (QED) is 0.544. The van der Waals surface area contributed by atoms with Gasteiger partial charge in [0.1, 0.15) is 0 Å². The molecule has 0 N–H and O–H groups in total. The molecule has 12 heavy (non-hydrogen) atoms. The zero-order valence-corrected chi connectivity index (χ0v) is 7.45. The van der Waals surface area contributed by atoms with Gasteiger partial charge in [0.15, 0.2) is 0 Å². The van der Waals surface area contributed by atoms with Crippen LogP contribution >= 0.6 is 0 Å². The van der Waals surface area contributed by atoms with Crippen LogP contribution in [-0.4, -0.2) is 36.6 Å². The fraction of sp³-hybridized carbons (Fsp3) is 0.667. The van der Waals surface area contributed by atoms with Gasteiger partial charge in [-0.05, 0) is 19.4 Å². The first-order valence-electron chi connectivity index (χ1n) is 4.27. The summed E-state index contributed by atoms with van der Waals surface area (Å²) < 4.78 is 5.40. The van der Waals surface area contributed by atoms with E-state index in [0.717, 1.165) is 13.0 Å². The molecule has 0 aromatic heterocycles. The molecule has 0 bridgehead atoms. The lowest BCUT2D eigenvalue weighted by molar-refractivity contribution is -0.126. The second-order valence-corrected chi connectivity index (χ2v) is 3.00. The summed E-state index contributed by atoms with van der Waals surface area (Å²) in [7, 11) is 0. The number of hydrogen-bond donors (Lipinski definition) is 0. The van der Waals surface area contributed by atoms with E-state index in [1.807, 2.05) is 6.92 Å². The van der Waals surface area contributed by atoms with E-state index in [-0.39, 0.29) is 12.0 Å². The summed E-state index contributed by atoms with van der Waals surface area (Å²) in [4.78, 5) is 13.0. The average Bonchev–Trinajstić information content (AvgIpc) is 2.29. The monoisotopic (exact) mass is 169 g/mol. The van der Waals surface area contributed by atoms with Gasteiger partial charge in [0.05, 0.1) is 12.7 Å². The number of rotatable bonds is 1. The minimum absolute atomic E-state index is 0.00713. The Morgan fingerprint density at radius 2 is 2.42 bits per heavy atom. The number of amides is 1. The van der Waals surface area contributed by atoms with Crippen molar-refractivity contribution >= 4 is 5.91 Å². The van der Waals surface area contributed by atoms with Crippen molar-refractivity contribution in [3.8, 4) is 0 Å². The molecule has 1 aliphatic rings. The molecule has 1 heterocycles. The molecule has 1 fully saturated rings.